The molecule has 2 heterocycles. The summed E-state index contributed by atoms with van der Waals surface area (Å²) in [5.74, 6) is -1.92. The number of imide groups is 1. The zero-order valence-electron chi connectivity index (χ0n) is 11.3. The summed E-state index contributed by atoms with van der Waals surface area (Å²) < 4.78 is 14.2. The van der Waals surface area contributed by atoms with Crippen LogP contribution in [0.3, 0.4) is 0 Å². The summed E-state index contributed by atoms with van der Waals surface area (Å²) in [6.07, 6.45) is 0.902. The maximum absolute atomic E-state index is 14.2. The minimum atomic E-state index is -0.539. The zero-order valence-corrected chi connectivity index (χ0v) is 11.3. The van der Waals surface area contributed by atoms with E-state index < -0.39 is 23.5 Å². The monoisotopic (exact) mass is 291 g/mol. The van der Waals surface area contributed by atoms with Crippen LogP contribution < -0.4 is 5.73 Å². The van der Waals surface area contributed by atoms with Gasteiger partial charge in [0, 0.05) is 36.1 Å². The van der Waals surface area contributed by atoms with Gasteiger partial charge in [0.05, 0.1) is 6.54 Å². The Labute approximate surface area is 120 Å². The van der Waals surface area contributed by atoms with Gasteiger partial charge in [0.25, 0.3) is 5.91 Å². The number of nitrogens with zero attached hydrogens (tertiary/aromatic N) is 2. The number of rotatable bonds is 2. The molecular weight excluding hydrogens is 277 g/mol. The predicted octanol–water partition coefficient (Wildman–Crippen LogP) is 0.694. The first-order valence-electron chi connectivity index (χ1n) is 6.72. The summed E-state index contributed by atoms with van der Waals surface area (Å²) in [4.78, 5) is 36.1. The largest absolute Gasteiger partial charge is 0.326 e. The SMILES string of the molecule is NCc1ccc2c(c1F)CN(N1C(=O)CCCC1=O)C2=O. The van der Waals surface area contributed by atoms with Crippen molar-refractivity contribution >= 4 is 17.7 Å². The molecule has 7 heteroatoms. The molecule has 1 aromatic carbocycles. The van der Waals surface area contributed by atoms with Crippen molar-refractivity contribution in [1.29, 1.82) is 0 Å². The number of piperidine rings is 1. The fourth-order valence-electron chi connectivity index (χ4n) is 2.72. The van der Waals surface area contributed by atoms with E-state index in [1.165, 1.54) is 12.1 Å². The summed E-state index contributed by atoms with van der Waals surface area (Å²) in [7, 11) is 0. The lowest BCUT2D eigenvalue weighted by molar-refractivity contribution is -0.163. The van der Waals surface area contributed by atoms with Crippen molar-refractivity contribution in [3.05, 3.63) is 34.6 Å². The van der Waals surface area contributed by atoms with Crippen molar-refractivity contribution in [2.45, 2.75) is 32.4 Å². The van der Waals surface area contributed by atoms with Gasteiger partial charge in [0.2, 0.25) is 11.8 Å². The highest BCUT2D eigenvalue weighted by Gasteiger charge is 2.40. The molecule has 21 heavy (non-hydrogen) atoms. The van der Waals surface area contributed by atoms with E-state index >= 15 is 0 Å². The number of hydrogen-bond donors (Lipinski definition) is 1. The van der Waals surface area contributed by atoms with Crippen molar-refractivity contribution in [3.63, 3.8) is 0 Å². The third-order valence-corrected chi connectivity index (χ3v) is 3.81. The van der Waals surface area contributed by atoms with Crippen LogP contribution in [0.25, 0.3) is 0 Å². The molecule has 0 radical (unpaired) electrons. The third kappa shape index (κ3) is 2.01. The van der Waals surface area contributed by atoms with Crippen LogP contribution in [0, 0.1) is 5.82 Å². The van der Waals surface area contributed by atoms with Gasteiger partial charge in [-0.1, -0.05) is 6.07 Å². The summed E-state index contributed by atoms with van der Waals surface area (Å²) in [6, 6.07) is 2.94. The number of hydrazine groups is 1. The van der Waals surface area contributed by atoms with Crippen LogP contribution in [0.4, 0.5) is 4.39 Å². The molecule has 6 nitrogen and oxygen atoms in total. The Morgan fingerprint density at radius 3 is 2.43 bits per heavy atom. The summed E-state index contributed by atoms with van der Waals surface area (Å²) in [5, 5.41) is 1.88. The van der Waals surface area contributed by atoms with E-state index in [9.17, 15) is 18.8 Å². The van der Waals surface area contributed by atoms with E-state index in [1.54, 1.807) is 0 Å². The number of carbonyl (C=O) groups is 3. The van der Waals surface area contributed by atoms with Crippen LogP contribution in [-0.4, -0.2) is 27.7 Å². The zero-order chi connectivity index (χ0) is 15.1. The Kier molecular flexibility index (Phi) is 3.21. The maximum atomic E-state index is 14.2. The van der Waals surface area contributed by atoms with Crippen molar-refractivity contribution in [2.75, 3.05) is 0 Å². The van der Waals surface area contributed by atoms with Crippen LogP contribution in [0.1, 0.15) is 40.7 Å². The Morgan fingerprint density at radius 2 is 1.81 bits per heavy atom. The second-order valence-corrected chi connectivity index (χ2v) is 5.08. The Balaban J connectivity index is 1.98. The average molecular weight is 291 g/mol. The molecule has 110 valence electrons. The molecule has 0 atom stereocenters. The number of carbonyl (C=O) groups excluding carboxylic acids is 3. The van der Waals surface area contributed by atoms with Gasteiger partial charge in [-0.25, -0.2) is 9.40 Å². The number of hydrogen-bond acceptors (Lipinski definition) is 4. The minimum absolute atomic E-state index is 0.0227. The second kappa shape index (κ2) is 4.92. The van der Waals surface area contributed by atoms with Crippen molar-refractivity contribution < 1.29 is 18.8 Å². The van der Waals surface area contributed by atoms with Gasteiger partial charge in [-0.15, -0.1) is 0 Å². The molecular formula is C14H14FN3O3. The molecule has 2 aliphatic rings. The first-order valence-corrected chi connectivity index (χ1v) is 6.72. The second-order valence-electron chi connectivity index (χ2n) is 5.08. The Morgan fingerprint density at radius 1 is 1.14 bits per heavy atom. The third-order valence-electron chi connectivity index (χ3n) is 3.81. The van der Waals surface area contributed by atoms with Crippen molar-refractivity contribution in [3.8, 4) is 0 Å². The standard InChI is InChI=1S/C14H14FN3O3/c15-13-8(6-16)4-5-9-10(13)7-17(14(9)21)18-11(19)2-1-3-12(18)20/h4-5H,1-3,6-7,16H2. The number of benzene rings is 1. The van der Waals surface area contributed by atoms with Gasteiger partial charge in [-0.05, 0) is 12.5 Å². The number of amides is 3. The van der Waals surface area contributed by atoms with E-state index in [0.717, 1.165) is 10.0 Å². The topological polar surface area (TPSA) is 83.7 Å². The first kappa shape index (κ1) is 13.7. The Hall–Kier alpha value is -2.28. The summed E-state index contributed by atoms with van der Waals surface area (Å²) in [5.41, 5.74) is 6.11. The van der Waals surface area contributed by atoms with E-state index in [-0.39, 0.29) is 37.1 Å². The number of fused-ring (bicyclic) bond motifs is 1. The van der Waals surface area contributed by atoms with E-state index in [0.29, 0.717) is 12.0 Å². The molecule has 0 unspecified atom stereocenters. The average Bonchev–Trinajstić information content (AvgIpc) is 2.78. The van der Waals surface area contributed by atoms with Gasteiger partial charge in [0.15, 0.2) is 0 Å². The molecule has 0 bridgehead atoms. The fourth-order valence-corrected chi connectivity index (χ4v) is 2.72. The predicted molar refractivity (Wildman–Crippen MR) is 69.9 cm³/mol. The lowest BCUT2D eigenvalue weighted by atomic mass is 10.1. The number of nitrogens with two attached hydrogens (primary N) is 1. The van der Waals surface area contributed by atoms with E-state index in [2.05, 4.69) is 0 Å². The summed E-state index contributed by atoms with van der Waals surface area (Å²) in [6.45, 7) is -0.0970. The molecule has 0 spiro atoms. The Bertz CT molecular complexity index is 643. The summed E-state index contributed by atoms with van der Waals surface area (Å²) >= 11 is 0. The highest BCUT2D eigenvalue weighted by atomic mass is 19.1. The molecule has 2 N–H and O–H groups in total. The minimum Gasteiger partial charge on any atom is -0.326 e. The molecule has 3 amide bonds. The lowest BCUT2D eigenvalue weighted by Gasteiger charge is -2.32. The van der Waals surface area contributed by atoms with Crippen molar-refractivity contribution in [1.82, 2.24) is 10.0 Å². The lowest BCUT2D eigenvalue weighted by Crippen LogP contribution is -2.52. The molecule has 1 fully saturated rings. The van der Waals surface area contributed by atoms with Crippen molar-refractivity contribution in [2.24, 2.45) is 5.73 Å². The first-order chi connectivity index (χ1) is 10.0. The van der Waals surface area contributed by atoms with Gasteiger partial charge < -0.3 is 5.73 Å². The maximum Gasteiger partial charge on any atom is 0.273 e. The molecule has 1 aromatic rings. The highest BCUT2D eigenvalue weighted by molar-refractivity contribution is 6.04. The smallest absolute Gasteiger partial charge is 0.273 e. The molecule has 0 aromatic heterocycles. The van der Waals surface area contributed by atoms with E-state index in [1.807, 2.05) is 0 Å². The van der Waals surface area contributed by atoms with Gasteiger partial charge >= 0.3 is 0 Å². The molecule has 0 saturated carbocycles. The van der Waals surface area contributed by atoms with Crippen LogP contribution in [-0.2, 0) is 22.7 Å². The fraction of sp³-hybridized carbons (Fsp3) is 0.357. The van der Waals surface area contributed by atoms with Gasteiger partial charge in [-0.3, -0.25) is 14.4 Å². The van der Waals surface area contributed by atoms with Gasteiger partial charge in [0.1, 0.15) is 5.82 Å². The number of halogens is 1. The normalized spacial score (nSPS) is 18.5. The molecule has 2 aliphatic heterocycles. The van der Waals surface area contributed by atoms with E-state index in [4.69, 9.17) is 5.73 Å². The van der Waals surface area contributed by atoms with Crippen LogP contribution >= 0.6 is 0 Å². The van der Waals surface area contributed by atoms with Crippen LogP contribution in [0.5, 0.6) is 0 Å². The van der Waals surface area contributed by atoms with Crippen LogP contribution in [0.2, 0.25) is 0 Å². The van der Waals surface area contributed by atoms with Crippen LogP contribution in [0.15, 0.2) is 12.1 Å². The molecule has 0 aliphatic carbocycles. The molecule has 1 saturated heterocycles. The van der Waals surface area contributed by atoms with Gasteiger partial charge in [-0.2, -0.15) is 5.01 Å². The quantitative estimate of drug-likeness (QED) is 0.813. The highest BCUT2D eigenvalue weighted by Crippen LogP contribution is 2.30. The molecule has 3 rings (SSSR count).